The first kappa shape index (κ1) is 23.4. The number of carbonyl (C=O) groups excluding carboxylic acids is 2. The summed E-state index contributed by atoms with van der Waals surface area (Å²) in [4.78, 5) is 26.2. The Morgan fingerprint density at radius 3 is 2.34 bits per heavy atom. The summed E-state index contributed by atoms with van der Waals surface area (Å²) in [7, 11) is 0. The highest BCUT2D eigenvalue weighted by atomic mass is 16.5. The Morgan fingerprint density at radius 1 is 1.03 bits per heavy atom. The molecule has 0 saturated carbocycles. The van der Waals surface area contributed by atoms with Crippen molar-refractivity contribution in [1.29, 1.82) is 0 Å². The minimum absolute atomic E-state index is 0.0585. The maximum absolute atomic E-state index is 13.1. The van der Waals surface area contributed by atoms with Crippen LogP contribution >= 0.6 is 0 Å². The molecule has 6 nitrogen and oxygen atoms in total. The number of carbonyl (C=O) groups is 2. The Hall–Kier alpha value is -3.28. The Bertz CT molecular complexity index is 1130. The molecule has 0 aliphatic rings. The van der Waals surface area contributed by atoms with Gasteiger partial charge in [0, 0.05) is 23.1 Å². The summed E-state index contributed by atoms with van der Waals surface area (Å²) in [5.41, 5.74) is 3.39. The van der Waals surface area contributed by atoms with Gasteiger partial charge in [0.2, 0.25) is 0 Å². The molecule has 32 heavy (non-hydrogen) atoms. The predicted octanol–water partition coefficient (Wildman–Crippen LogP) is 5.18. The van der Waals surface area contributed by atoms with Crippen LogP contribution in [0.15, 0.2) is 42.5 Å². The van der Waals surface area contributed by atoms with Crippen molar-refractivity contribution in [2.75, 3.05) is 13.2 Å². The van der Waals surface area contributed by atoms with Crippen LogP contribution < -0.4 is 0 Å². The van der Waals surface area contributed by atoms with E-state index in [0.717, 1.165) is 17.8 Å². The molecule has 3 rings (SSSR count). The lowest BCUT2D eigenvalue weighted by molar-refractivity contribution is -0.143. The van der Waals surface area contributed by atoms with Gasteiger partial charge in [0.25, 0.3) is 0 Å². The molecule has 2 aromatic carbocycles. The van der Waals surface area contributed by atoms with Gasteiger partial charge in [0.05, 0.1) is 18.8 Å². The zero-order valence-corrected chi connectivity index (χ0v) is 19.3. The largest absolute Gasteiger partial charge is 0.508 e. The standard InChI is InChI=1S/C26H31NO5/c1-6-31-25(29)22-17(5)27(15-16(3)4)21-13-9-12-20(24(21)22)23(26(30)32-7-2)18-10-8-11-19(28)14-18/h8-14,16,23,28H,6-7,15H2,1-5H3. The number of rotatable bonds is 8. The highest BCUT2D eigenvalue weighted by Gasteiger charge is 2.31. The molecular weight excluding hydrogens is 406 g/mol. The summed E-state index contributed by atoms with van der Waals surface area (Å²) in [5.74, 6) is -1.23. The van der Waals surface area contributed by atoms with Gasteiger partial charge in [-0.1, -0.05) is 38.1 Å². The van der Waals surface area contributed by atoms with E-state index in [1.807, 2.05) is 25.1 Å². The first-order chi connectivity index (χ1) is 15.3. The number of fused-ring (bicyclic) bond motifs is 1. The number of aromatic nitrogens is 1. The van der Waals surface area contributed by atoms with Gasteiger partial charge in [-0.3, -0.25) is 4.79 Å². The van der Waals surface area contributed by atoms with Crippen LogP contribution in [0.1, 0.15) is 60.8 Å². The smallest absolute Gasteiger partial charge is 0.340 e. The van der Waals surface area contributed by atoms with Crippen molar-refractivity contribution in [3.8, 4) is 5.75 Å². The number of phenols is 1. The van der Waals surface area contributed by atoms with Crippen LogP contribution in [0.4, 0.5) is 0 Å². The maximum atomic E-state index is 13.1. The van der Waals surface area contributed by atoms with Gasteiger partial charge < -0.3 is 19.1 Å². The summed E-state index contributed by atoms with van der Waals surface area (Å²) in [5, 5.41) is 10.7. The molecule has 0 bridgehead atoms. The van der Waals surface area contributed by atoms with Gasteiger partial charge in [-0.15, -0.1) is 0 Å². The first-order valence-electron chi connectivity index (χ1n) is 11.0. The zero-order chi connectivity index (χ0) is 23.4. The van der Waals surface area contributed by atoms with Crippen molar-refractivity contribution in [2.24, 2.45) is 5.92 Å². The molecule has 0 spiro atoms. The molecule has 0 aliphatic heterocycles. The van der Waals surface area contributed by atoms with Crippen molar-refractivity contribution in [1.82, 2.24) is 4.57 Å². The molecular formula is C26H31NO5. The zero-order valence-electron chi connectivity index (χ0n) is 19.3. The number of aromatic hydroxyl groups is 1. The number of hydrogen-bond donors (Lipinski definition) is 1. The minimum atomic E-state index is -0.798. The number of benzene rings is 2. The van der Waals surface area contributed by atoms with Gasteiger partial charge in [-0.2, -0.15) is 0 Å². The number of esters is 2. The molecule has 1 heterocycles. The summed E-state index contributed by atoms with van der Waals surface area (Å²) >= 11 is 0. The monoisotopic (exact) mass is 437 g/mol. The van der Waals surface area contributed by atoms with Crippen LogP contribution in [0.2, 0.25) is 0 Å². The number of phenolic OH excluding ortho intramolecular Hbond substituents is 1. The lowest BCUT2D eigenvalue weighted by Crippen LogP contribution is -2.18. The normalized spacial score (nSPS) is 12.2. The topological polar surface area (TPSA) is 77.8 Å². The van der Waals surface area contributed by atoms with Gasteiger partial charge in [0.1, 0.15) is 11.7 Å². The Morgan fingerprint density at radius 2 is 1.72 bits per heavy atom. The summed E-state index contributed by atoms with van der Waals surface area (Å²) < 4.78 is 12.9. The molecule has 3 aromatic rings. The van der Waals surface area contributed by atoms with E-state index in [-0.39, 0.29) is 19.0 Å². The average Bonchev–Trinajstić information content (AvgIpc) is 3.01. The molecule has 1 N–H and O–H groups in total. The minimum Gasteiger partial charge on any atom is -0.508 e. The number of nitrogens with zero attached hydrogens (tertiary/aromatic N) is 1. The molecule has 0 radical (unpaired) electrons. The maximum Gasteiger partial charge on any atom is 0.340 e. The van der Waals surface area contributed by atoms with E-state index in [9.17, 15) is 14.7 Å². The molecule has 0 amide bonds. The van der Waals surface area contributed by atoms with E-state index in [0.29, 0.717) is 28.0 Å². The third-order valence-electron chi connectivity index (χ3n) is 5.45. The fraction of sp³-hybridized carbons (Fsp3) is 0.385. The third-order valence-corrected chi connectivity index (χ3v) is 5.45. The van der Waals surface area contributed by atoms with Crippen LogP contribution in [-0.4, -0.2) is 34.8 Å². The predicted molar refractivity (Wildman–Crippen MR) is 124 cm³/mol. The SMILES string of the molecule is CCOC(=O)c1c(C)n(CC(C)C)c2cccc(C(C(=O)OCC)c3cccc(O)c3)c12. The van der Waals surface area contributed by atoms with E-state index in [1.54, 1.807) is 38.1 Å². The van der Waals surface area contributed by atoms with Crippen LogP contribution in [0.3, 0.4) is 0 Å². The van der Waals surface area contributed by atoms with Crippen molar-refractivity contribution in [3.63, 3.8) is 0 Å². The van der Waals surface area contributed by atoms with E-state index in [2.05, 4.69) is 18.4 Å². The Labute approximate surface area is 188 Å². The van der Waals surface area contributed by atoms with E-state index < -0.39 is 17.9 Å². The molecule has 0 saturated heterocycles. The molecule has 170 valence electrons. The Balaban J connectivity index is 2.37. The quantitative estimate of drug-likeness (QED) is 0.491. The van der Waals surface area contributed by atoms with E-state index in [1.165, 1.54) is 0 Å². The second-order valence-electron chi connectivity index (χ2n) is 8.21. The molecule has 1 atom stereocenters. The lowest BCUT2D eigenvalue weighted by Gasteiger charge is -2.19. The van der Waals surface area contributed by atoms with Gasteiger partial charge in [0.15, 0.2) is 0 Å². The van der Waals surface area contributed by atoms with Crippen molar-refractivity contribution in [3.05, 3.63) is 64.8 Å². The molecule has 0 fully saturated rings. The molecule has 6 heteroatoms. The van der Waals surface area contributed by atoms with Gasteiger partial charge >= 0.3 is 11.9 Å². The van der Waals surface area contributed by atoms with E-state index in [4.69, 9.17) is 9.47 Å². The van der Waals surface area contributed by atoms with Crippen molar-refractivity contribution in [2.45, 2.75) is 47.1 Å². The second kappa shape index (κ2) is 9.90. The first-order valence-corrected chi connectivity index (χ1v) is 11.0. The van der Waals surface area contributed by atoms with Crippen LogP contribution in [0, 0.1) is 12.8 Å². The molecule has 0 aliphatic carbocycles. The fourth-order valence-electron chi connectivity index (χ4n) is 4.22. The van der Waals surface area contributed by atoms with Gasteiger partial charge in [-0.05, 0) is 56.0 Å². The van der Waals surface area contributed by atoms with Crippen LogP contribution in [0.25, 0.3) is 10.9 Å². The number of hydrogen-bond acceptors (Lipinski definition) is 5. The average molecular weight is 438 g/mol. The summed E-state index contributed by atoms with van der Waals surface area (Å²) in [6.07, 6.45) is 0. The number of ether oxygens (including phenoxy) is 2. The lowest BCUT2D eigenvalue weighted by atomic mass is 9.87. The molecule has 1 unspecified atom stereocenters. The van der Waals surface area contributed by atoms with Crippen LogP contribution in [0.5, 0.6) is 5.75 Å². The Kier molecular flexibility index (Phi) is 7.23. The van der Waals surface area contributed by atoms with Gasteiger partial charge in [-0.25, -0.2) is 4.79 Å². The third kappa shape index (κ3) is 4.49. The second-order valence-corrected chi connectivity index (χ2v) is 8.21. The van der Waals surface area contributed by atoms with Crippen molar-refractivity contribution < 1.29 is 24.2 Å². The highest BCUT2D eigenvalue weighted by Crippen LogP contribution is 2.38. The van der Waals surface area contributed by atoms with E-state index >= 15 is 0 Å². The molecule has 1 aromatic heterocycles. The van der Waals surface area contributed by atoms with Crippen LogP contribution in [-0.2, 0) is 20.8 Å². The fourth-order valence-corrected chi connectivity index (χ4v) is 4.22. The highest BCUT2D eigenvalue weighted by molar-refractivity contribution is 6.08. The summed E-state index contributed by atoms with van der Waals surface area (Å²) in [6, 6.07) is 12.3. The summed E-state index contributed by atoms with van der Waals surface area (Å²) in [6.45, 7) is 10.9. The van der Waals surface area contributed by atoms with Crippen molar-refractivity contribution >= 4 is 22.8 Å².